The van der Waals surface area contributed by atoms with Gasteiger partial charge in [-0.15, -0.1) is 0 Å². The molecular weight excluding hydrogens is 488 g/mol. The van der Waals surface area contributed by atoms with Gasteiger partial charge in [-0.05, 0) is 81.6 Å². The molecule has 5 nitrogen and oxygen atoms in total. The lowest BCUT2D eigenvalue weighted by Crippen LogP contribution is -2.27. The first-order valence-corrected chi connectivity index (χ1v) is 12.6. The number of hydrogen-bond acceptors (Lipinski definition) is 5. The van der Waals surface area contributed by atoms with Crippen LogP contribution in [0.25, 0.3) is 22.4 Å². The Bertz CT molecular complexity index is 1350. The maximum atomic E-state index is 13.7. The van der Waals surface area contributed by atoms with Crippen LogP contribution in [0, 0.1) is 23.5 Å². The molecule has 0 amide bonds. The first-order chi connectivity index (χ1) is 18.0. The summed E-state index contributed by atoms with van der Waals surface area (Å²) in [6.45, 7) is 5.22. The predicted molar refractivity (Wildman–Crippen MR) is 141 cm³/mol. The summed E-state index contributed by atoms with van der Waals surface area (Å²) in [6, 6.07) is 13.9. The molecule has 0 aliphatic heterocycles. The Morgan fingerprint density at radius 3 is 2.16 bits per heavy atom. The number of aromatic nitrogens is 1. The molecule has 1 fully saturated rings. The number of rotatable bonds is 7. The molecule has 1 aliphatic carbocycles. The van der Waals surface area contributed by atoms with E-state index in [1.54, 1.807) is 45.0 Å². The van der Waals surface area contributed by atoms with Crippen LogP contribution in [0.15, 0.2) is 54.6 Å². The van der Waals surface area contributed by atoms with Crippen molar-refractivity contribution in [3.63, 3.8) is 0 Å². The van der Waals surface area contributed by atoms with Gasteiger partial charge in [-0.2, -0.15) is 0 Å². The predicted octanol–water partition coefficient (Wildman–Crippen LogP) is 5.77. The van der Waals surface area contributed by atoms with E-state index in [1.165, 1.54) is 24.3 Å². The third-order valence-electron chi connectivity index (χ3n) is 5.99. The van der Waals surface area contributed by atoms with Crippen LogP contribution >= 0.6 is 0 Å². The molecule has 0 spiro atoms. The average molecular weight is 520 g/mol. The molecule has 0 saturated heterocycles. The number of ether oxygens (including phenoxy) is 1. The summed E-state index contributed by atoms with van der Waals surface area (Å²) in [6.07, 6.45) is -0.816. The Balaban J connectivity index is 1.67. The van der Waals surface area contributed by atoms with Crippen molar-refractivity contribution in [2.45, 2.75) is 70.2 Å². The molecule has 4 rings (SSSR count). The number of hydrogen-bond donors (Lipinski definition) is 2. The molecule has 0 unspecified atom stereocenters. The third-order valence-corrected chi connectivity index (χ3v) is 5.99. The van der Waals surface area contributed by atoms with Gasteiger partial charge >= 0.3 is 5.97 Å². The minimum absolute atomic E-state index is 0.127. The maximum Gasteiger partial charge on any atom is 0.308 e. The quantitative estimate of drug-likeness (QED) is 0.306. The van der Waals surface area contributed by atoms with E-state index in [0.29, 0.717) is 11.3 Å². The molecular formula is C31H31F2NO4. The second-order valence-corrected chi connectivity index (χ2v) is 10.6. The molecule has 1 heterocycles. The van der Waals surface area contributed by atoms with Gasteiger partial charge in [0.1, 0.15) is 23.3 Å². The van der Waals surface area contributed by atoms with Gasteiger partial charge in [0.05, 0.1) is 29.5 Å². The summed E-state index contributed by atoms with van der Waals surface area (Å²) >= 11 is 0. The lowest BCUT2D eigenvalue weighted by molar-refractivity contribution is -0.157. The van der Waals surface area contributed by atoms with E-state index in [-0.39, 0.29) is 30.4 Å². The molecule has 2 N–H and O–H groups in total. The second kappa shape index (κ2) is 11.4. The Morgan fingerprint density at radius 2 is 1.61 bits per heavy atom. The van der Waals surface area contributed by atoms with Crippen molar-refractivity contribution in [2.75, 3.05) is 0 Å². The van der Waals surface area contributed by atoms with E-state index in [1.807, 2.05) is 6.07 Å². The van der Waals surface area contributed by atoms with Gasteiger partial charge in [-0.25, -0.2) is 8.78 Å². The van der Waals surface area contributed by atoms with E-state index in [0.717, 1.165) is 35.2 Å². The fourth-order valence-corrected chi connectivity index (χ4v) is 4.11. The summed E-state index contributed by atoms with van der Waals surface area (Å²) in [5, 5.41) is 20.8. The summed E-state index contributed by atoms with van der Waals surface area (Å²) in [4.78, 5) is 16.9. The van der Waals surface area contributed by atoms with E-state index in [9.17, 15) is 23.8 Å². The maximum absolute atomic E-state index is 13.7. The molecule has 2 aromatic carbocycles. The standard InChI is InChI=1S/C31H31F2NO4/c1-31(2,3)38-29(37)17-25(36)16-24(35)14-15-26-27(19-6-10-22(32)11-7-19)18-28(34-30(26)21-4-5-21)20-8-12-23(33)13-9-20/h6-13,18,21,24-25,35-36H,4-5,16-17H2,1-3H3/t24-,25-/m1/s1. The molecule has 198 valence electrons. The number of esters is 1. The van der Waals surface area contributed by atoms with Gasteiger partial charge in [0.25, 0.3) is 0 Å². The second-order valence-electron chi connectivity index (χ2n) is 10.6. The fourth-order valence-electron chi connectivity index (χ4n) is 4.11. The van der Waals surface area contributed by atoms with Crippen molar-refractivity contribution in [2.24, 2.45) is 0 Å². The lowest BCUT2D eigenvalue weighted by atomic mass is 9.94. The first-order valence-electron chi connectivity index (χ1n) is 12.6. The summed E-state index contributed by atoms with van der Waals surface area (Å²) in [7, 11) is 0. The molecule has 0 bridgehead atoms. The molecule has 0 radical (unpaired) electrons. The average Bonchev–Trinajstić information content (AvgIpc) is 3.67. The largest absolute Gasteiger partial charge is 0.460 e. The summed E-state index contributed by atoms with van der Waals surface area (Å²) in [5.74, 6) is 4.77. The summed E-state index contributed by atoms with van der Waals surface area (Å²) < 4.78 is 32.5. The van der Waals surface area contributed by atoms with Crippen LogP contribution in [0.4, 0.5) is 8.78 Å². The summed E-state index contributed by atoms with van der Waals surface area (Å²) in [5.41, 5.74) is 3.54. The van der Waals surface area contributed by atoms with E-state index >= 15 is 0 Å². The highest BCUT2D eigenvalue weighted by Crippen LogP contribution is 2.44. The highest BCUT2D eigenvalue weighted by Gasteiger charge is 2.30. The van der Waals surface area contributed by atoms with E-state index in [4.69, 9.17) is 9.72 Å². The van der Waals surface area contributed by atoms with Gasteiger partial charge in [0.15, 0.2) is 0 Å². The normalized spacial score (nSPS) is 14.8. The van der Waals surface area contributed by atoms with Crippen LogP contribution in [0.2, 0.25) is 0 Å². The van der Waals surface area contributed by atoms with Crippen molar-refractivity contribution in [3.05, 3.63) is 77.5 Å². The molecule has 1 saturated carbocycles. The fraction of sp³-hybridized carbons (Fsp3) is 0.355. The number of carbonyl (C=O) groups is 1. The van der Waals surface area contributed by atoms with Gasteiger partial charge in [0, 0.05) is 23.5 Å². The molecule has 3 aromatic rings. The van der Waals surface area contributed by atoms with Crippen LogP contribution in [0.3, 0.4) is 0 Å². The number of benzene rings is 2. The van der Waals surface area contributed by atoms with Crippen LogP contribution in [0.1, 0.15) is 63.6 Å². The molecule has 1 aliphatic rings. The zero-order valence-electron chi connectivity index (χ0n) is 21.7. The number of carbonyl (C=O) groups excluding carboxylic acids is 1. The highest BCUT2D eigenvalue weighted by atomic mass is 19.1. The molecule has 2 atom stereocenters. The number of aliphatic hydroxyl groups is 2. The topological polar surface area (TPSA) is 79.7 Å². The van der Waals surface area contributed by atoms with E-state index < -0.39 is 23.8 Å². The number of aliphatic hydroxyl groups excluding tert-OH is 2. The zero-order valence-corrected chi connectivity index (χ0v) is 21.7. The Morgan fingerprint density at radius 1 is 1.03 bits per heavy atom. The molecule has 7 heteroatoms. The van der Waals surface area contributed by atoms with Crippen LogP contribution in [-0.2, 0) is 9.53 Å². The van der Waals surface area contributed by atoms with E-state index in [2.05, 4.69) is 11.8 Å². The number of nitrogens with zero attached hydrogens (tertiary/aromatic N) is 1. The SMILES string of the molecule is CC(C)(C)OC(=O)C[C@H](O)C[C@H](O)C#Cc1c(-c2ccc(F)cc2)cc(-c2ccc(F)cc2)nc1C1CC1. The first kappa shape index (κ1) is 27.4. The Hall–Kier alpha value is -3.60. The Kier molecular flexibility index (Phi) is 8.25. The van der Waals surface area contributed by atoms with Crippen molar-refractivity contribution in [1.82, 2.24) is 4.98 Å². The van der Waals surface area contributed by atoms with Gasteiger partial charge in [0.2, 0.25) is 0 Å². The van der Waals surface area contributed by atoms with Gasteiger partial charge in [-0.3, -0.25) is 9.78 Å². The van der Waals surface area contributed by atoms with Crippen LogP contribution in [-0.4, -0.2) is 39.0 Å². The van der Waals surface area contributed by atoms with Crippen LogP contribution in [0.5, 0.6) is 0 Å². The Labute approximate surface area is 221 Å². The lowest BCUT2D eigenvalue weighted by Gasteiger charge is -2.20. The molecule has 38 heavy (non-hydrogen) atoms. The van der Waals surface area contributed by atoms with Crippen molar-refractivity contribution < 1.29 is 28.5 Å². The minimum Gasteiger partial charge on any atom is -0.460 e. The zero-order chi connectivity index (χ0) is 27.4. The smallest absolute Gasteiger partial charge is 0.308 e. The van der Waals surface area contributed by atoms with Crippen molar-refractivity contribution >= 4 is 5.97 Å². The van der Waals surface area contributed by atoms with Gasteiger partial charge < -0.3 is 14.9 Å². The van der Waals surface area contributed by atoms with Crippen molar-refractivity contribution in [3.8, 4) is 34.2 Å². The molecule has 1 aromatic heterocycles. The number of halogens is 2. The van der Waals surface area contributed by atoms with Gasteiger partial charge in [-0.1, -0.05) is 24.0 Å². The third kappa shape index (κ3) is 7.47. The number of pyridine rings is 1. The van der Waals surface area contributed by atoms with Crippen LogP contribution < -0.4 is 0 Å². The highest BCUT2D eigenvalue weighted by molar-refractivity contribution is 5.77. The monoisotopic (exact) mass is 519 g/mol. The minimum atomic E-state index is -1.20. The van der Waals surface area contributed by atoms with Crippen molar-refractivity contribution in [1.29, 1.82) is 0 Å².